The number of fused-ring (bicyclic) bond motifs is 1. The molecule has 0 bridgehead atoms. The molecule has 146 valence electrons. The molecule has 1 fully saturated rings. The predicted octanol–water partition coefficient (Wildman–Crippen LogP) is 3.73. The molecule has 1 aromatic heterocycles. The van der Waals surface area contributed by atoms with Crippen molar-refractivity contribution in [2.75, 3.05) is 6.54 Å². The summed E-state index contributed by atoms with van der Waals surface area (Å²) in [5, 5.41) is 4.48. The maximum Gasteiger partial charge on any atom is 0.331 e. The molecule has 4 rings (SSSR count). The third-order valence-corrected chi connectivity index (χ3v) is 5.28. The molecular formula is C23H21N3O3. The van der Waals surface area contributed by atoms with Gasteiger partial charge in [-0.3, -0.25) is 19.8 Å². The minimum absolute atomic E-state index is 0.0374. The van der Waals surface area contributed by atoms with E-state index in [9.17, 15) is 14.4 Å². The van der Waals surface area contributed by atoms with Crippen LogP contribution in [-0.4, -0.2) is 33.9 Å². The van der Waals surface area contributed by atoms with E-state index in [0.29, 0.717) is 0 Å². The molecule has 1 aliphatic rings. The third kappa shape index (κ3) is 3.02. The van der Waals surface area contributed by atoms with Crippen LogP contribution in [0.4, 0.5) is 4.79 Å². The first-order valence-electron chi connectivity index (χ1n) is 9.48. The number of amides is 4. The topological polar surface area (TPSA) is 71.4 Å². The number of carbonyl (C=O) groups excluding carboxylic acids is 3. The van der Waals surface area contributed by atoms with Crippen LogP contribution in [0.2, 0.25) is 0 Å². The van der Waals surface area contributed by atoms with Crippen LogP contribution in [0.3, 0.4) is 0 Å². The van der Waals surface area contributed by atoms with Gasteiger partial charge < -0.3 is 4.57 Å². The van der Waals surface area contributed by atoms with Crippen molar-refractivity contribution in [3.63, 3.8) is 0 Å². The van der Waals surface area contributed by atoms with Gasteiger partial charge >= 0.3 is 6.03 Å². The van der Waals surface area contributed by atoms with E-state index in [0.717, 1.165) is 38.3 Å². The standard InChI is InChI=1S/C23H21N3O3/c1-4-25-22(28)19(21(27)24-23(25)29)13-17-12-14(2)26(15(17)3)20-11-7-9-16-8-5-6-10-18(16)20/h5-13H,4H2,1-3H3,(H,24,27,29)/b19-13+. The molecule has 6 heteroatoms. The van der Waals surface area contributed by atoms with Crippen LogP contribution in [0, 0.1) is 13.8 Å². The minimum Gasteiger partial charge on any atom is -0.317 e. The van der Waals surface area contributed by atoms with Crippen molar-refractivity contribution in [3.05, 3.63) is 71.1 Å². The van der Waals surface area contributed by atoms with E-state index in [1.165, 1.54) is 0 Å². The summed E-state index contributed by atoms with van der Waals surface area (Å²) >= 11 is 0. The van der Waals surface area contributed by atoms with Gasteiger partial charge in [-0.2, -0.15) is 0 Å². The number of nitrogens with zero attached hydrogens (tertiary/aromatic N) is 2. The van der Waals surface area contributed by atoms with Crippen LogP contribution in [0.5, 0.6) is 0 Å². The van der Waals surface area contributed by atoms with Crippen molar-refractivity contribution in [1.29, 1.82) is 0 Å². The van der Waals surface area contributed by atoms with Gasteiger partial charge in [-0.05, 0) is 49.9 Å². The Morgan fingerprint density at radius 1 is 1.00 bits per heavy atom. The Hall–Kier alpha value is -3.67. The average molecular weight is 387 g/mol. The lowest BCUT2D eigenvalue weighted by Gasteiger charge is -2.24. The summed E-state index contributed by atoms with van der Waals surface area (Å²) in [5.74, 6) is -1.24. The normalized spacial score (nSPS) is 16.0. The summed E-state index contributed by atoms with van der Waals surface area (Å²) in [6.45, 7) is 5.83. The Kier molecular flexibility index (Phi) is 4.54. The molecule has 3 aromatic rings. The lowest BCUT2D eigenvalue weighted by Crippen LogP contribution is -2.53. The number of hydrogen-bond acceptors (Lipinski definition) is 3. The van der Waals surface area contributed by atoms with Gasteiger partial charge in [0.15, 0.2) is 0 Å². The van der Waals surface area contributed by atoms with Crippen molar-refractivity contribution < 1.29 is 14.4 Å². The van der Waals surface area contributed by atoms with Gasteiger partial charge in [0.25, 0.3) is 11.8 Å². The summed E-state index contributed by atoms with van der Waals surface area (Å²) < 4.78 is 2.11. The summed E-state index contributed by atoms with van der Waals surface area (Å²) in [7, 11) is 0. The van der Waals surface area contributed by atoms with Gasteiger partial charge in [0.2, 0.25) is 0 Å². The van der Waals surface area contributed by atoms with Crippen LogP contribution in [0.15, 0.2) is 54.1 Å². The monoisotopic (exact) mass is 387 g/mol. The fourth-order valence-electron chi connectivity index (χ4n) is 3.84. The molecule has 1 aliphatic heterocycles. The molecule has 0 radical (unpaired) electrons. The highest BCUT2D eigenvalue weighted by molar-refractivity contribution is 6.31. The maximum absolute atomic E-state index is 12.6. The van der Waals surface area contributed by atoms with E-state index in [2.05, 4.69) is 34.1 Å². The van der Waals surface area contributed by atoms with E-state index >= 15 is 0 Å². The number of nitrogens with one attached hydrogen (secondary N) is 1. The van der Waals surface area contributed by atoms with Crippen molar-refractivity contribution in [1.82, 2.24) is 14.8 Å². The van der Waals surface area contributed by atoms with Crippen LogP contribution < -0.4 is 5.32 Å². The zero-order chi connectivity index (χ0) is 20.7. The van der Waals surface area contributed by atoms with Crippen LogP contribution in [0.1, 0.15) is 23.9 Å². The predicted molar refractivity (Wildman–Crippen MR) is 112 cm³/mol. The molecule has 0 aliphatic carbocycles. The van der Waals surface area contributed by atoms with Gasteiger partial charge in [0.05, 0.1) is 5.69 Å². The molecule has 1 N–H and O–H groups in total. The van der Waals surface area contributed by atoms with Crippen molar-refractivity contribution in [3.8, 4) is 5.69 Å². The third-order valence-electron chi connectivity index (χ3n) is 5.28. The Balaban J connectivity index is 1.84. The number of aromatic nitrogens is 1. The number of carbonyl (C=O) groups is 3. The second-order valence-electron chi connectivity index (χ2n) is 7.03. The highest BCUT2D eigenvalue weighted by Crippen LogP contribution is 2.28. The van der Waals surface area contributed by atoms with E-state index < -0.39 is 17.8 Å². The van der Waals surface area contributed by atoms with E-state index in [1.807, 2.05) is 38.1 Å². The van der Waals surface area contributed by atoms with Crippen molar-refractivity contribution >= 4 is 34.7 Å². The maximum atomic E-state index is 12.6. The molecule has 1 saturated heterocycles. The Labute approximate surface area is 168 Å². The molecule has 0 unspecified atom stereocenters. The highest BCUT2D eigenvalue weighted by atomic mass is 16.2. The molecule has 4 amide bonds. The SMILES string of the molecule is CCN1C(=O)NC(=O)/C(=C\c2cc(C)n(-c3cccc4ccccc34)c2C)C1=O. The number of imide groups is 2. The molecule has 0 saturated carbocycles. The van der Waals surface area contributed by atoms with Crippen LogP contribution in [0.25, 0.3) is 22.5 Å². The fourth-order valence-corrected chi connectivity index (χ4v) is 3.84. The number of likely N-dealkylation sites (N-methyl/N-ethyl adjacent to an activating group) is 1. The van der Waals surface area contributed by atoms with Gasteiger partial charge in [-0.15, -0.1) is 0 Å². The van der Waals surface area contributed by atoms with Gasteiger partial charge in [-0.1, -0.05) is 36.4 Å². The fraction of sp³-hybridized carbons (Fsp3) is 0.174. The number of rotatable bonds is 3. The average Bonchev–Trinajstić information content (AvgIpc) is 2.98. The number of barbiturate groups is 1. The Morgan fingerprint density at radius 2 is 1.72 bits per heavy atom. The van der Waals surface area contributed by atoms with Crippen LogP contribution in [-0.2, 0) is 9.59 Å². The number of hydrogen-bond donors (Lipinski definition) is 1. The number of aryl methyl sites for hydroxylation is 1. The first-order valence-corrected chi connectivity index (χ1v) is 9.48. The molecule has 29 heavy (non-hydrogen) atoms. The summed E-state index contributed by atoms with van der Waals surface area (Å²) in [6.07, 6.45) is 1.57. The summed E-state index contributed by atoms with van der Waals surface area (Å²) in [5.41, 5.74) is 3.65. The number of urea groups is 1. The second kappa shape index (κ2) is 7.05. The lowest BCUT2D eigenvalue weighted by atomic mass is 10.1. The molecule has 2 heterocycles. The van der Waals surface area contributed by atoms with E-state index in [4.69, 9.17) is 0 Å². The van der Waals surface area contributed by atoms with Crippen molar-refractivity contribution in [2.24, 2.45) is 0 Å². The Bertz CT molecular complexity index is 1200. The zero-order valence-electron chi connectivity index (χ0n) is 16.5. The minimum atomic E-state index is -0.680. The van der Waals surface area contributed by atoms with Gasteiger partial charge in [0.1, 0.15) is 5.57 Å². The van der Waals surface area contributed by atoms with Crippen molar-refractivity contribution in [2.45, 2.75) is 20.8 Å². The largest absolute Gasteiger partial charge is 0.331 e. The molecule has 0 atom stereocenters. The molecule has 2 aromatic carbocycles. The smallest absolute Gasteiger partial charge is 0.317 e. The Morgan fingerprint density at radius 3 is 2.48 bits per heavy atom. The molecule has 6 nitrogen and oxygen atoms in total. The van der Waals surface area contributed by atoms with E-state index in [-0.39, 0.29) is 12.1 Å². The first kappa shape index (κ1) is 18.7. The molecule has 0 spiro atoms. The summed E-state index contributed by atoms with van der Waals surface area (Å²) in [4.78, 5) is 37.7. The first-order chi connectivity index (χ1) is 13.9. The van der Waals surface area contributed by atoms with E-state index in [1.54, 1.807) is 13.0 Å². The number of benzene rings is 2. The van der Waals surface area contributed by atoms with Crippen LogP contribution >= 0.6 is 0 Å². The summed E-state index contributed by atoms with van der Waals surface area (Å²) in [6, 6.07) is 15.5. The quantitative estimate of drug-likeness (QED) is 0.550. The lowest BCUT2D eigenvalue weighted by molar-refractivity contribution is -0.129. The van der Waals surface area contributed by atoms with Gasteiger partial charge in [-0.25, -0.2) is 4.79 Å². The highest BCUT2D eigenvalue weighted by Gasteiger charge is 2.34. The molecular weight excluding hydrogens is 366 g/mol. The van der Waals surface area contributed by atoms with Gasteiger partial charge in [0, 0.05) is 23.3 Å². The zero-order valence-corrected chi connectivity index (χ0v) is 16.5. The second-order valence-corrected chi connectivity index (χ2v) is 7.03.